The van der Waals surface area contributed by atoms with E-state index in [0.29, 0.717) is 5.56 Å². The van der Waals surface area contributed by atoms with Crippen molar-refractivity contribution < 1.29 is 18.3 Å². The second-order valence-electron chi connectivity index (χ2n) is 4.11. The fourth-order valence-electron chi connectivity index (χ4n) is 1.68. The largest absolute Gasteiger partial charge is 0.435 e. The average Bonchev–Trinajstić information content (AvgIpc) is 2.92. The summed E-state index contributed by atoms with van der Waals surface area (Å²) in [7, 11) is 0. The molecule has 0 aliphatic rings. The first kappa shape index (κ1) is 14.5. The molecule has 1 aromatic carbocycles. The highest BCUT2D eigenvalue weighted by Gasteiger charge is 2.12. The molecule has 0 bridgehead atoms. The first-order chi connectivity index (χ1) is 9.56. The topological polar surface area (TPSA) is 38.3 Å². The van der Waals surface area contributed by atoms with Gasteiger partial charge in [-0.2, -0.15) is 8.78 Å². The van der Waals surface area contributed by atoms with E-state index in [1.807, 2.05) is 24.4 Å². The second kappa shape index (κ2) is 6.47. The Morgan fingerprint density at radius 2 is 1.95 bits per heavy atom. The molecule has 106 valence electrons. The molecule has 3 nitrogen and oxygen atoms in total. The molecule has 0 saturated carbocycles. The Kier molecular flexibility index (Phi) is 4.68. The average molecular weight is 297 g/mol. The molecule has 0 unspecified atom stereocenters. The van der Waals surface area contributed by atoms with Crippen LogP contribution in [0.15, 0.2) is 41.8 Å². The van der Waals surface area contributed by atoms with Crippen LogP contribution in [0, 0.1) is 0 Å². The van der Waals surface area contributed by atoms with Gasteiger partial charge in [0.1, 0.15) is 5.75 Å². The van der Waals surface area contributed by atoms with E-state index in [9.17, 15) is 13.6 Å². The van der Waals surface area contributed by atoms with E-state index < -0.39 is 6.61 Å². The molecular weight excluding hydrogens is 284 g/mol. The van der Waals surface area contributed by atoms with Crippen LogP contribution in [0.25, 0.3) is 0 Å². The fourth-order valence-corrected chi connectivity index (χ4v) is 2.41. The summed E-state index contributed by atoms with van der Waals surface area (Å²) in [4.78, 5) is 13.0. The summed E-state index contributed by atoms with van der Waals surface area (Å²) < 4.78 is 28.2. The Hall–Kier alpha value is -1.95. The van der Waals surface area contributed by atoms with Gasteiger partial charge in [-0.25, -0.2) is 0 Å². The van der Waals surface area contributed by atoms with Crippen LogP contribution in [0.3, 0.4) is 0 Å². The lowest BCUT2D eigenvalue weighted by molar-refractivity contribution is -0.0498. The van der Waals surface area contributed by atoms with Crippen LogP contribution in [0.1, 0.15) is 28.2 Å². The molecule has 2 aromatic rings. The third-order valence-corrected chi connectivity index (χ3v) is 3.71. The molecule has 20 heavy (non-hydrogen) atoms. The van der Waals surface area contributed by atoms with E-state index in [4.69, 9.17) is 0 Å². The molecule has 1 N–H and O–H groups in total. The van der Waals surface area contributed by atoms with Gasteiger partial charge in [0.25, 0.3) is 5.91 Å². The number of alkyl halides is 2. The van der Waals surface area contributed by atoms with Crippen LogP contribution in [-0.4, -0.2) is 12.5 Å². The normalized spacial score (nSPS) is 12.2. The number of ether oxygens (including phenoxy) is 1. The Balaban J connectivity index is 1.99. The van der Waals surface area contributed by atoms with Crippen LogP contribution in [0.5, 0.6) is 5.75 Å². The summed E-state index contributed by atoms with van der Waals surface area (Å²) in [6.45, 7) is -0.980. The molecule has 2 rings (SSSR count). The van der Waals surface area contributed by atoms with Gasteiger partial charge in [-0.15, -0.1) is 11.3 Å². The lowest BCUT2D eigenvalue weighted by Crippen LogP contribution is -2.26. The number of thiophene rings is 1. The Labute approximate surface area is 119 Å². The van der Waals surface area contributed by atoms with Gasteiger partial charge in [0.05, 0.1) is 6.04 Å². The van der Waals surface area contributed by atoms with Gasteiger partial charge in [-0.1, -0.05) is 6.07 Å². The molecule has 0 aliphatic heterocycles. The van der Waals surface area contributed by atoms with Crippen molar-refractivity contribution in [1.82, 2.24) is 5.32 Å². The van der Waals surface area contributed by atoms with Crippen LogP contribution < -0.4 is 10.1 Å². The fraction of sp³-hybridized carbons (Fsp3) is 0.214. The molecule has 0 spiro atoms. The van der Waals surface area contributed by atoms with Crippen molar-refractivity contribution >= 4 is 17.2 Å². The van der Waals surface area contributed by atoms with Gasteiger partial charge in [0.2, 0.25) is 0 Å². The maximum Gasteiger partial charge on any atom is 0.387 e. The third kappa shape index (κ3) is 3.77. The van der Waals surface area contributed by atoms with Crippen LogP contribution in [-0.2, 0) is 0 Å². The van der Waals surface area contributed by atoms with Crippen LogP contribution in [0.2, 0.25) is 0 Å². The zero-order valence-electron chi connectivity index (χ0n) is 10.7. The van der Waals surface area contributed by atoms with Crippen molar-refractivity contribution in [1.29, 1.82) is 0 Å². The van der Waals surface area contributed by atoms with Gasteiger partial charge < -0.3 is 10.1 Å². The maximum absolute atomic E-state index is 12.0. The smallest absolute Gasteiger partial charge is 0.387 e. The van der Waals surface area contributed by atoms with Gasteiger partial charge in [0, 0.05) is 10.4 Å². The minimum Gasteiger partial charge on any atom is -0.435 e. The molecule has 1 amide bonds. The molecule has 0 radical (unpaired) electrons. The summed E-state index contributed by atoms with van der Waals surface area (Å²) in [5.74, 6) is -0.225. The van der Waals surface area contributed by atoms with Gasteiger partial charge in [-0.05, 0) is 42.6 Å². The zero-order chi connectivity index (χ0) is 14.5. The van der Waals surface area contributed by atoms with Crippen molar-refractivity contribution in [2.24, 2.45) is 0 Å². The molecular formula is C14H13F2NO2S. The molecule has 1 atom stereocenters. The quantitative estimate of drug-likeness (QED) is 0.910. The molecule has 1 aromatic heterocycles. The van der Waals surface area contributed by atoms with Crippen molar-refractivity contribution in [3.63, 3.8) is 0 Å². The summed E-state index contributed by atoms with van der Waals surface area (Å²) in [5.41, 5.74) is 0.398. The highest BCUT2D eigenvalue weighted by molar-refractivity contribution is 7.10. The number of benzene rings is 1. The highest BCUT2D eigenvalue weighted by Crippen LogP contribution is 2.19. The minimum absolute atomic E-state index is 0.0304. The summed E-state index contributed by atoms with van der Waals surface area (Å²) in [6.07, 6.45) is 0. The number of amides is 1. The summed E-state index contributed by atoms with van der Waals surface area (Å²) >= 11 is 1.56. The lowest BCUT2D eigenvalue weighted by atomic mass is 10.2. The monoisotopic (exact) mass is 297 g/mol. The molecule has 0 fully saturated rings. The molecule has 0 saturated heterocycles. The first-order valence-electron chi connectivity index (χ1n) is 5.95. The second-order valence-corrected chi connectivity index (χ2v) is 5.09. The molecule has 6 heteroatoms. The van der Waals surface area contributed by atoms with Gasteiger partial charge >= 0.3 is 6.61 Å². The minimum atomic E-state index is -2.87. The number of hydrogen-bond acceptors (Lipinski definition) is 3. The van der Waals surface area contributed by atoms with Crippen molar-refractivity contribution in [2.45, 2.75) is 19.6 Å². The summed E-state index contributed by atoms with van der Waals surface area (Å²) in [5, 5.41) is 4.78. The lowest BCUT2D eigenvalue weighted by Gasteiger charge is -2.12. The van der Waals surface area contributed by atoms with E-state index >= 15 is 0 Å². The Morgan fingerprint density at radius 3 is 2.50 bits per heavy atom. The van der Waals surface area contributed by atoms with Crippen molar-refractivity contribution in [2.75, 3.05) is 0 Å². The van der Waals surface area contributed by atoms with Gasteiger partial charge in [-0.3, -0.25) is 4.79 Å². The number of hydrogen-bond donors (Lipinski definition) is 1. The highest BCUT2D eigenvalue weighted by atomic mass is 32.1. The van der Waals surface area contributed by atoms with E-state index in [0.717, 1.165) is 4.88 Å². The van der Waals surface area contributed by atoms with E-state index in [2.05, 4.69) is 10.1 Å². The van der Waals surface area contributed by atoms with Crippen molar-refractivity contribution in [3.8, 4) is 5.75 Å². The first-order valence-corrected chi connectivity index (χ1v) is 6.83. The van der Waals surface area contributed by atoms with E-state index in [1.54, 1.807) is 11.3 Å². The maximum atomic E-state index is 12.0. The van der Waals surface area contributed by atoms with Crippen LogP contribution in [0.4, 0.5) is 8.78 Å². The number of carbonyl (C=O) groups is 1. The SMILES string of the molecule is C[C@H](NC(=O)c1ccc(OC(F)F)cc1)c1cccs1. The third-order valence-electron chi connectivity index (χ3n) is 2.66. The van der Waals surface area contributed by atoms with Gasteiger partial charge in [0.15, 0.2) is 0 Å². The summed E-state index contributed by atoms with van der Waals surface area (Å²) in [6, 6.07) is 9.35. The Morgan fingerprint density at radius 1 is 1.25 bits per heavy atom. The standard InChI is InChI=1S/C14H13F2NO2S/c1-9(12-3-2-8-20-12)17-13(18)10-4-6-11(7-5-10)19-14(15)16/h2-9,14H,1H3,(H,17,18)/t9-/m0/s1. The predicted molar refractivity (Wildman–Crippen MR) is 73.3 cm³/mol. The predicted octanol–water partition coefficient (Wildman–Crippen LogP) is 3.84. The number of rotatable bonds is 5. The van der Waals surface area contributed by atoms with Crippen LogP contribution >= 0.6 is 11.3 Å². The van der Waals surface area contributed by atoms with E-state index in [-0.39, 0.29) is 17.7 Å². The van der Waals surface area contributed by atoms with E-state index in [1.165, 1.54) is 24.3 Å². The van der Waals surface area contributed by atoms with Crippen molar-refractivity contribution in [3.05, 3.63) is 52.2 Å². The molecule has 0 aliphatic carbocycles. The zero-order valence-corrected chi connectivity index (χ0v) is 11.5. The Bertz CT molecular complexity index is 555. The number of halogens is 2. The number of nitrogens with one attached hydrogen (secondary N) is 1. The molecule has 1 heterocycles. The number of carbonyl (C=O) groups excluding carboxylic acids is 1.